The number of hydrogen-bond acceptors (Lipinski definition) is 0. The summed E-state index contributed by atoms with van der Waals surface area (Å²) in [5, 5.41) is 0. The molecule has 0 radical (unpaired) electrons. The molecule has 2 aliphatic rings. The molecule has 0 amide bonds. The second-order valence-corrected chi connectivity index (χ2v) is 7.84. The van der Waals surface area contributed by atoms with Gasteiger partial charge in [-0.3, -0.25) is 0 Å². The van der Waals surface area contributed by atoms with Gasteiger partial charge in [0, 0.05) is 0 Å². The van der Waals surface area contributed by atoms with Crippen LogP contribution in [-0.4, -0.2) is 61.3 Å². The summed E-state index contributed by atoms with van der Waals surface area (Å²) in [5.41, 5.74) is 0. The molecule has 2 saturated heterocycles. The van der Waals surface area contributed by atoms with Crippen LogP contribution in [0, 0.1) is 0 Å². The molecule has 23 heavy (non-hydrogen) atoms. The van der Waals surface area contributed by atoms with Gasteiger partial charge in [-0.2, -0.15) is 0 Å². The third-order valence-corrected chi connectivity index (χ3v) is 6.64. The van der Waals surface area contributed by atoms with E-state index in [4.69, 9.17) is 0 Å². The average Bonchev–Trinajstić information content (AvgIpc) is 2.56. The Labute approximate surface area is 180 Å². The molecule has 0 bridgehead atoms. The first kappa shape index (κ1) is 24.4. The molecule has 0 atom stereocenters. The molecule has 0 aromatic rings. The molecule has 0 unspecified atom stereocenters. The Morgan fingerprint density at radius 3 is 1.17 bits per heavy atom. The van der Waals surface area contributed by atoms with Gasteiger partial charge in [-0.05, 0) is 71.6 Å². The van der Waals surface area contributed by atoms with E-state index in [-0.39, 0.29) is 48.0 Å². The Morgan fingerprint density at radius 1 is 0.522 bits per heavy atom. The molecule has 140 valence electrons. The molecule has 2 aliphatic heterocycles. The van der Waals surface area contributed by atoms with E-state index in [1.807, 2.05) is 0 Å². The van der Waals surface area contributed by atoms with Gasteiger partial charge in [0.1, 0.15) is 0 Å². The Balaban J connectivity index is 0.00000242. The van der Waals surface area contributed by atoms with Gasteiger partial charge >= 0.3 is 0 Å². The largest absolute Gasteiger partial charge is 1.00 e. The molecular formula is C19H40I2N2. The number of nitrogens with zero attached hydrogens (tertiary/aromatic N) is 2. The second kappa shape index (κ2) is 12.7. The van der Waals surface area contributed by atoms with Crippen LogP contribution in [0.4, 0.5) is 0 Å². The standard InChI is InChI=1S/C19H40N2.2HI/c1-3-20(14-8-5-9-15-20)18-12-7-13-19-21(4-2)16-10-6-11-17-21;;/h3-19H2,1-2H3;2*1H/q+2;;/p-2. The van der Waals surface area contributed by atoms with Crippen LogP contribution in [0.2, 0.25) is 0 Å². The molecule has 0 aliphatic carbocycles. The van der Waals surface area contributed by atoms with Gasteiger partial charge in [-0.1, -0.05) is 0 Å². The third-order valence-electron chi connectivity index (χ3n) is 6.64. The highest BCUT2D eigenvalue weighted by Gasteiger charge is 2.29. The van der Waals surface area contributed by atoms with Gasteiger partial charge in [-0.25, -0.2) is 0 Å². The summed E-state index contributed by atoms with van der Waals surface area (Å²) in [6.07, 6.45) is 13.3. The van der Waals surface area contributed by atoms with Crippen molar-refractivity contribution >= 4 is 0 Å². The summed E-state index contributed by atoms with van der Waals surface area (Å²) in [5.74, 6) is 0. The van der Waals surface area contributed by atoms with E-state index in [1.54, 1.807) is 0 Å². The molecule has 0 saturated carbocycles. The summed E-state index contributed by atoms with van der Waals surface area (Å²) in [6.45, 7) is 16.3. The maximum Gasteiger partial charge on any atom is 0.0786 e. The van der Waals surface area contributed by atoms with Crippen molar-refractivity contribution in [2.24, 2.45) is 0 Å². The number of likely N-dealkylation sites (tertiary alicyclic amines) is 2. The molecule has 2 fully saturated rings. The maximum absolute atomic E-state index is 2.41. The highest BCUT2D eigenvalue weighted by atomic mass is 127. The van der Waals surface area contributed by atoms with E-state index in [1.165, 1.54) is 119 Å². The Morgan fingerprint density at radius 2 is 0.870 bits per heavy atom. The average molecular weight is 550 g/mol. The zero-order valence-electron chi connectivity index (χ0n) is 15.7. The van der Waals surface area contributed by atoms with E-state index < -0.39 is 0 Å². The van der Waals surface area contributed by atoms with E-state index in [0.29, 0.717) is 0 Å². The van der Waals surface area contributed by atoms with Crippen molar-refractivity contribution in [1.29, 1.82) is 0 Å². The zero-order chi connectivity index (χ0) is 15.0. The zero-order valence-corrected chi connectivity index (χ0v) is 20.0. The molecule has 2 rings (SSSR count). The first-order valence-electron chi connectivity index (χ1n) is 9.94. The topological polar surface area (TPSA) is 0 Å². The fraction of sp³-hybridized carbons (Fsp3) is 1.00. The van der Waals surface area contributed by atoms with Crippen molar-refractivity contribution in [3.8, 4) is 0 Å². The summed E-state index contributed by atoms with van der Waals surface area (Å²) in [4.78, 5) is 0. The highest BCUT2D eigenvalue weighted by Crippen LogP contribution is 2.22. The minimum absolute atomic E-state index is 0. The quantitative estimate of drug-likeness (QED) is 0.191. The molecule has 0 aromatic heterocycles. The Bertz CT molecular complexity index is 257. The molecule has 0 aromatic carbocycles. The van der Waals surface area contributed by atoms with Crippen LogP contribution < -0.4 is 48.0 Å². The van der Waals surface area contributed by atoms with Crippen molar-refractivity contribution in [3.05, 3.63) is 0 Å². The van der Waals surface area contributed by atoms with Crippen molar-refractivity contribution < 1.29 is 56.9 Å². The predicted molar refractivity (Wildman–Crippen MR) is 92.4 cm³/mol. The van der Waals surface area contributed by atoms with Gasteiger partial charge in [0.25, 0.3) is 0 Å². The van der Waals surface area contributed by atoms with Crippen LogP contribution in [0.3, 0.4) is 0 Å². The number of halogens is 2. The number of piperidine rings is 2. The van der Waals surface area contributed by atoms with E-state index >= 15 is 0 Å². The lowest BCUT2D eigenvalue weighted by Gasteiger charge is -2.42. The molecule has 0 N–H and O–H groups in total. The molecule has 2 heterocycles. The summed E-state index contributed by atoms with van der Waals surface area (Å²) in [6, 6.07) is 0. The van der Waals surface area contributed by atoms with Crippen molar-refractivity contribution in [2.45, 2.75) is 71.6 Å². The molecule has 0 spiro atoms. The first-order valence-corrected chi connectivity index (χ1v) is 9.94. The monoisotopic (exact) mass is 550 g/mol. The van der Waals surface area contributed by atoms with E-state index in [0.717, 1.165) is 0 Å². The van der Waals surface area contributed by atoms with Crippen LogP contribution in [0.15, 0.2) is 0 Å². The normalized spacial score (nSPS) is 22.7. The van der Waals surface area contributed by atoms with E-state index in [9.17, 15) is 0 Å². The van der Waals surface area contributed by atoms with Crippen molar-refractivity contribution in [2.75, 3.05) is 52.4 Å². The van der Waals surface area contributed by atoms with Crippen LogP contribution in [-0.2, 0) is 0 Å². The lowest BCUT2D eigenvalue weighted by molar-refractivity contribution is -0.932. The van der Waals surface area contributed by atoms with Crippen LogP contribution >= 0.6 is 0 Å². The van der Waals surface area contributed by atoms with Crippen LogP contribution in [0.1, 0.15) is 71.6 Å². The lowest BCUT2D eigenvalue weighted by Crippen LogP contribution is -3.00. The van der Waals surface area contributed by atoms with Gasteiger partial charge in [0.2, 0.25) is 0 Å². The van der Waals surface area contributed by atoms with Crippen LogP contribution in [0.25, 0.3) is 0 Å². The Hall–Kier alpha value is 1.38. The molecule has 2 nitrogen and oxygen atoms in total. The number of quaternary nitrogens is 2. The lowest BCUT2D eigenvalue weighted by atomic mass is 10.0. The molecule has 4 heteroatoms. The van der Waals surface area contributed by atoms with Crippen molar-refractivity contribution in [1.82, 2.24) is 0 Å². The van der Waals surface area contributed by atoms with E-state index in [2.05, 4.69) is 13.8 Å². The predicted octanol–water partition coefficient (Wildman–Crippen LogP) is -1.79. The fourth-order valence-electron chi connectivity index (χ4n) is 4.83. The maximum atomic E-state index is 2.41. The highest BCUT2D eigenvalue weighted by molar-refractivity contribution is 4.56. The summed E-state index contributed by atoms with van der Waals surface area (Å²) >= 11 is 0. The fourth-order valence-corrected chi connectivity index (χ4v) is 4.83. The van der Waals surface area contributed by atoms with Gasteiger partial charge in [0.15, 0.2) is 0 Å². The summed E-state index contributed by atoms with van der Waals surface area (Å²) in [7, 11) is 0. The van der Waals surface area contributed by atoms with Gasteiger partial charge in [-0.15, -0.1) is 0 Å². The number of hydrogen-bond donors (Lipinski definition) is 0. The Kier molecular flexibility index (Phi) is 13.4. The molecular weight excluding hydrogens is 510 g/mol. The minimum atomic E-state index is 0. The number of unbranched alkanes of at least 4 members (excludes halogenated alkanes) is 2. The van der Waals surface area contributed by atoms with Crippen molar-refractivity contribution in [3.63, 3.8) is 0 Å². The third kappa shape index (κ3) is 7.65. The SMILES string of the molecule is CC[N+]1(CCCCC[N+]2(CC)CCCCC2)CCCCC1.[I-].[I-]. The van der Waals surface area contributed by atoms with Crippen LogP contribution in [0.5, 0.6) is 0 Å². The first-order chi connectivity index (χ1) is 10.2. The van der Waals surface area contributed by atoms with Gasteiger partial charge < -0.3 is 56.9 Å². The van der Waals surface area contributed by atoms with Gasteiger partial charge in [0.05, 0.1) is 52.4 Å². The minimum Gasteiger partial charge on any atom is -1.00 e. The number of rotatable bonds is 8. The smallest absolute Gasteiger partial charge is 0.0786 e. The second-order valence-electron chi connectivity index (χ2n) is 7.84. The summed E-state index contributed by atoms with van der Waals surface area (Å²) < 4.78 is 2.88.